The van der Waals surface area contributed by atoms with E-state index >= 15 is 0 Å². The first-order chi connectivity index (χ1) is 8.15. The molecule has 2 heterocycles. The van der Waals surface area contributed by atoms with E-state index in [0.717, 1.165) is 10.6 Å². The number of hydrogen-bond donors (Lipinski definition) is 1. The van der Waals surface area contributed by atoms with Crippen LogP contribution in [0.3, 0.4) is 0 Å². The molecule has 0 radical (unpaired) electrons. The van der Waals surface area contributed by atoms with Crippen LogP contribution in [0.15, 0.2) is 35.6 Å². The molecular formula is C11H11N3O2S. The Labute approximate surface area is 102 Å². The van der Waals surface area contributed by atoms with E-state index in [1.165, 1.54) is 6.20 Å². The van der Waals surface area contributed by atoms with Gasteiger partial charge >= 0.3 is 5.97 Å². The second kappa shape index (κ2) is 5.01. The Morgan fingerprint density at radius 3 is 2.82 bits per heavy atom. The summed E-state index contributed by atoms with van der Waals surface area (Å²) in [6.07, 6.45) is 5.09. The molecule has 0 spiro atoms. The highest BCUT2D eigenvalue weighted by Crippen LogP contribution is 2.20. The van der Waals surface area contributed by atoms with Crippen LogP contribution >= 0.6 is 11.8 Å². The van der Waals surface area contributed by atoms with Gasteiger partial charge in [-0.1, -0.05) is 0 Å². The molecule has 5 nitrogen and oxygen atoms in total. The van der Waals surface area contributed by atoms with Gasteiger partial charge in [0.1, 0.15) is 0 Å². The fourth-order valence-electron chi connectivity index (χ4n) is 1.27. The minimum atomic E-state index is -0.955. The molecule has 1 N–H and O–H groups in total. The summed E-state index contributed by atoms with van der Waals surface area (Å²) in [7, 11) is 1.87. The lowest BCUT2D eigenvalue weighted by Gasteiger charge is -1.99. The maximum absolute atomic E-state index is 10.6. The van der Waals surface area contributed by atoms with Crippen LogP contribution in [-0.4, -0.2) is 25.8 Å². The van der Waals surface area contributed by atoms with Gasteiger partial charge in [0.05, 0.1) is 17.5 Å². The Hall–Kier alpha value is -1.82. The van der Waals surface area contributed by atoms with Crippen molar-refractivity contribution in [3.05, 3.63) is 42.0 Å². The summed E-state index contributed by atoms with van der Waals surface area (Å²) >= 11 is 1.62. The fourth-order valence-corrected chi connectivity index (χ4v) is 2.10. The number of aromatic nitrogens is 3. The average Bonchev–Trinajstić information content (AvgIpc) is 2.73. The first-order valence-electron chi connectivity index (χ1n) is 4.95. The molecule has 88 valence electrons. The van der Waals surface area contributed by atoms with Crippen LogP contribution in [0.4, 0.5) is 0 Å². The minimum absolute atomic E-state index is 0.208. The van der Waals surface area contributed by atoms with E-state index in [4.69, 9.17) is 5.11 Å². The van der Waals surface area contributed by atoms with Crippen molar-refractivity contribution >= 4 is 17.7 Å². The Balaban J connectivity index is 1.97. The van der Waals surface area contributed by atoms with Gasteiger partial charge in [0.2, 0.25) is 0 Å². The third kappa shape index (κ3) is 3.07. The van der Waals surface area contributed by atoms with Crippen LogP contribution < -0.4 is 0 Å². The molecule has 0 saturated heterocycles. The van der Waals surface area contributed by atoms with E-state index in [-0.39, 0.29) is 5.56 Å². The Morgan fingerprint density at radius 2 is 2.29 bits per heavy atom. The highest BCUT2D eigenvalue weighted by molar-refractivity contribution is 7.98. The summed E-state index contributed by atoms with van der Waals surface area (Å²) in [5.41, 5.74) is 1.06. The summed E-state index contributed by atoms with van der Waals surface area (Å²) in [6.45, 7) is 0. The van der Waals surface area contributed by atoms with Crippen LogP contribution in [-0.2, 0) is 12.8 Å². The summed E-state index contributed by atoms with van der Waals surface area (Å²) in [5, 5.41) is 12.8. The topological polar surface area (TPSA) is 68.0 Å². The van der Waals surface area contributed by atoms with E-state index < -0.39 is 5.97 Å². The number of aromatic carboxylic acids is 1. The molecule has 17 heavy (non-hydrogen) atoms. The number of thioether (sulfide) groups is 1. The minimum Gasteiger partial charge on any atom is -0.478 e. The smallest absolute Gasteiger partial charge is 0.337 e. The monoisotopic (exact) mass is 249 g/mol. The molecule has 6 heteroatoms. The average molecular weight is 249 g/mol. The van der Waals surface area contributed by atoms with Crippen molar-refractivity contribution in [1.29, 1.82) is 0 Å². The molecule has 0 aromatic carbocycles. The zero-order chi connectivity index (χ0) is 12.3. The van der Waals surface area contributed by atoms with Crippen molar-refractivity contribution in [2.24, 2.45) is 7.05 Å². The normalized spacial score (nSPS) is 10.4. The molecule has 0 fully saturated rings. The van der Waals surface area contributed by atoms with E-state index in [9.17, 15) is 4.79 Å². The number of pyridine rings is 1. The van der Waals surface area contributed by atoms with Gasteiger partial charge in [0, 0.05) is 30.1 Å². The SMILES string of the molecule is Cn1cc(SCc2ccc(C(=O)O)cn2)cn1. The first-order valence-corrected chi connectivity index (χ1v) is 5.93. The van der Waals surface area contributed by atoms with E-state index in [1.807, 2.05) is 13.2 Å². The van der Waals surface area contributed by atoms with Crippen LogP contribution in [0, 0.1) is 0 Å². The van der Waals surface area contributed by atoms with Gasteiger partial charge in [-0.15, -0.1) is 11.8 Å². The van der Waals surface area contributed by atoms with Crippen LogP contribution in [0.25, 0.3) is 0 Å². The van der Waals surface area contributed by atoms with Crippen molar-refractivity contribution in [3.8, 4) is 0 Å². The predicted molar refractivity (Wildman–Crippen MR) is 64.0 cm³/mol. The number of aryl methyl sites for hydroxylation is 1. The maximum Gasteiger partial charge on any atom is 0.337 e. The molecule has 0 amide bonds. The molecule has 0 saturated carbocycles. The van der Waals surface area contributed by atoms with E-state index in [0.29, 0.717) is 5.75 Å². The highest BCUT2D eigenvalue weighted by Gasteiger charge is 2.04. The Morgan fingerprint density at radius 1 is 1.47 bits per heavy atom. The molecule has 0 aliphatic heterocycles. The van der Waals surface area contributed by atoms with Crippen LogP contribution in [0.5, 0.6) is 0 Å². The lowest BCUT2D eigenvalue weighted by atomic mass is 10.2. The summed E-state index contributed by atoms with van der Waals surface area (Å²) < 4.78 is 1.74. The van der Waals surface area contributed by atoms with E-state index in [2.05, 4.69) is 10.1 Å². The van der Waals surface area contributed by atoms with Crippen molar-refractivity contribution < 1.29 is 9.90 Å². The van der Waals surface area contributed by atoms with Crippen molar-refractivity contribution in [3.63, 3.8) is 0 Å². The quantitative estimate of drug-likeness (QED) is 0.837. The second-order valence-electron chi connectivity index (χ2n) is 3.48. The van der Waals surface area contributed by atoms with Gasteiger partial charge in [-0.2, -0.15) is 5.10 Å². The van der Waals surface area contributed by atoms with Gasteiger partial charge in [0.15, 0.2) is 0 Å². The number of nitrogens with zero attached hydrogens (tertiary/aromatic N) is 3. The first kappa shape index (κ1) is 11.7. The summed E-state index contributed by atoms with van der Waals surface area (Å²) in [5.74, 6) is -0.255. The van der Waals surface area contributed by atoms with Crippen molar-refractivity contribution in [2.75, 3.05) is 0 Å². The molecule has 0 bridgehead atoms. The van der Waals surface area contributed by atoms with Gasteiger partial charge in [-0.3, -0.25) is 9.67 Å². The van der Waals surface area contributed by atoms with Crippen molar-refractivity contribution in [2.45, 2.75) is 10.6 Å². The molecule has 2 rings (SSSR count). The fraction of sp³-hybridized carbons (Fsp3) is 0.182. The molecule has 0 aliphatic rings. The third-order valence-corrected chi connectivity index (χ3v) is 3.12. The Bertz CT molecular complexity index is 522. The second-order valence-corrected chi connectivity index (χ2v) is 4.53. The van der Waals surface area contributed by atoms with Gasteiger partial charge in [0.25, 0.3) is 0 Å². The predicted octanol–water partition coefficient (Wildman–Crippen LogP) is 1.81. The van der Waals surface area contributed by atoms with E-state index in [1.54, 1.807) is 34.8 Å². The third-order valence-electron chi connectivity index (χ3n) is 2.14. The van der Waals surface area contributed by atoms with Gasteiger partial charge < -0.3 is 5.11 Å². The highest BCUT2D eigenvalue weighted by atomic mass is 32.2. The molecule has 2 aromatic heterocycles. The number of carbonyl (C=O) groups is 1. The van der Waals surface area contributed by atoms with Crippen molar-refractivity contribution in [1.82, 2.24) is 14.8 Å². The lowest BCUT2D eigenvalue weighted by Crippen LogP contribution is -1.97. The number of carboxylic acids is 1. The molecule has 0 aliphatic carbocycles. The number of hydrogen-bond acceptors (Lipinski definition) is 4. The molecule has 0 unspecified atom stereocenters. The Kier molecular flexibility index (Phi) is 3.43. The maximum atomic E-state index is 10.6. The number of carboxylic acid groups (broad SMARTS) is 1. The summed E-state index contributed by atoms with van der Waals surface area (Å²) in [4.78, 5) is 15.8. The largest absolute Gasteiger partial charge is 0.478 e. The lowest BCUT2D eigenvalue weighted by molar-refractivity contribution is 0.0696. The van der Waals surface area contributed by atoms with Gasteiger partial charge in [-0.05, 0) is 12.1 Å². The van der Waals surface area contributed by atoms with Crippen LogP contribution in [0.2, 0.25) is 0 Å². The van der Waals surface area contributed by atoms with Crippen LogP contribution in [0.1, 0.15) is 16.1 Å². The zero-order valence-electron chi connectivity index (χ0n) is 9.20. The summed E-state index contributed by atoms with van der Waals surface area (Å²) in [6, 6.07) is 3.29. The van der Waals surface area contributed by atoms with Gasteiger partial charge in [-0.25, -0.2) is 4.79 Å². The molecule has 2 aromatic rings. The number of rotatable bonds is 4. The molecular weight excluding hydrogens is 238 g/mol. The standard InChI is InChI=1S/C11H11N3O2S/c1-14-6-10(5-13-14)17-7-9-3-2-8(4-12-9)11(15)16/h2-6H,7H2,1H3,(H,15,16). The molecule has 0 atom stereocenters. The zero-order valence-corrected chi connectivity index (χ0v) is 10.0.